The summed E-state index contributed by atoms with van der Waals surface area (Å²) in [6, 6.07) is -1.42. The van der Waals surface area contributed by atoms with Crippen LogP contribution in [0.4, 0.5) is 4.79 Å². The molecule has 0 rings (SSSR count). The van der Waals surface area contributed by atoms with Gasteiger partial charge in [-0.15, -0.1) is 0 Å². The van der Waals surface area contributed by atoms with E-state index in [1.54, 1.807) is 0 Å². The monoisotopic (exact) mass is 150 g/mol. The summed E-state index contributed by atoms with van der Waals surface area (Å²) in [6.07, 6.45) is 0. The molecular weight excluding hydrogens is 144 g/mol. The number of amides is 3. The summed E-state index contributed by atoms with van der Waals surface area (Å²) in [5.74, 6) is -1.02. The van der Waals surface area contributed by atoms with E-state index in [0.717, 1.165) is 0 Å². The van der Waals surface area contributed by atoms with Crippen LogP contribution in [0, 0.1) is 0 Å². The van der Waals surface area contributed by atoms with E-state index in [1.807, 2.05) is 0 Å². The lowest BCUT2D eigenvalue weighted by Crippen LogP contribution is -2.40. The molecule has 3 amide bonds. The molecule has 7 heteroatoms. The highest BCUT2D eigenvalue weighted by Gasteiger charge is 2.10. The fraction of sp³-hybridized carbons (Fsp3) is 0.333. The maximum Gasteiger partial charge on any atom is 0.373 e. The Labute approximate surface area is 55.4 Å². The van der Waals surface area contributed by atoms with E-state index in [0.29, 0.717) is 0 Å². The number of carbonyl (C=O) groups is 2. The summed E-state index contributed by atoms with van der Waals surface area (Å²) in [7, 11) is 0. The van der Waals surface area contributed by atoms with Gasteiger partial charge in [0.25, 0.3) is 5.91 Å². The molecule has 0 aromatic rings. The van der Waals surface area contributed by atoms with Gasteiger partial charge in [0.1, 0.15) is 6.61 Å². The van der Waals surface area contributed by atoms with Gasteiger partial charge in [-0.05, 0) is 0 Å². The molecule has 4 N–H and O–H groups in total. The number of imide groups is 1. The smallest absolute Gasteiger partial charge is 0.373 e. The van der Waals surface area contributed by atoms with E-state index in [2.05, 4.69) is 0 Å². The van der Waals surface area contributed by atoms with Crippen LogP contribution >= 0.6 is 0 Å². The van der Waals surface area contributed by atoms with Crippen molar-refractivity contribution in [2.24, 2.45) is 0 Å². The molecule has 0 bridgehead atoms. The van der Waals surface area contributed by atoms with Gasteiger partial charge in [0.05, 0.1) is 0 Å². The number of nitrogens with one attached hydrogen (secondary N) is 1. The first kappa shape index (κ1) is 8.82. The zero-order chi connectivity index (χ0) is 8.15. The van der Waals surface area contributed by atoms with Gasteiger partial charge in [0.15, 0.2) is 0 Å². The molecule has 0 saturated carbocycles. The number of aliphatic hydroxyl groups is 1. The first-order valence-corrected chi connectivity index (χ1v) is 2.20. The minimum Gasteiger partial charge on any atom is -0.387 e. The first-order valence-electron chi connectivity index (χ1n) is 2.20. The van der Waals surface area contributed by atoms with E-state index >= 15 is 0 Å². The summed E-state index contributed by atoms with van der Waals surface area (Å²) in [5.41, 5.74) is 0. The highest BCUT2D eigenvalue weighted by molar-refractivity contribution is 5.93. The summed E-state index contributed by atoms with van der Waals surface area (Å²) in [6.45, 7) is -0.889. The molecule has 0 heterocycles. The Morgan fingerprint density at radius 3 is 2.20 bits per heavy atom. The van der Waals surface area contributed by atoms with Gasteiger partial charge >= 0.3 is 6.03 Å². The van der Waals surface area contributed by atoms with Crippen molar-refractivity contribution in [2.75, 3.05) is 6.61 Å². The average molecular weight is 150 g/mol. The molecule has 0 aliphatic heterocycles. The Morgan fingerprint density at radius 1 is 1.40 bits per heavy atom. The standard InChI is InChI=1S/C3H6N2O5/c6-1-2(7)4-3(8)5(9)10/h6,9-10H,1H2,(H,4,7,8). The Balaban J connectivity index is 3.69. The van der Waals surface area contributed by atoms with E-state index < -0.39 is 23.8 Å². The van der Waals surface area contributed by atoms with Gasteiger partial charge in [0.2, 0.25) is 0 Å². The fourth-order valence-corrected chi connectivity index (χ4v) is 0.209. The van der Waals surface area contributed by atoms with Crippen LogP contribution in [0.15, 0.2) is 0 Å². The summed E-state index contributed by atoms with van der Waals surface area (Å²) >= 11 is 0. The van der Waals surface area contributed by atoms with E-state index in [1.165, 1.54) is 5.32 Å². The Kier molecular flexibility index (Phi) is 3.33. The van der Waals surface area contributed by atoms with Crippen LogP contribution in [-0.2, 0) is 4.79 Å². The van der Waals surface area contributed by atoms with Crippen molar-refractivity contribution in [3.8, 4) is 0 Å². The minimum atomic E-state index is -1.42. The molecule has 10 heavy (non-hydrogen) atoms. The number of carbonyl (C=O) groups excluding carboxylic acids is 2. The van der Waals surface area contributed by atoms with Gasteiger partial charge in [-0.1, -0.05) is 5.23 Å². The highest BCUT2D eigenvalue weighted by atomic mass is 16.8. The van der Waals surface area contributed by atoms with Crippen LogP contribution in [0.25, 0.3) is 0 Å². The Bertz CT molecular complexity index is 144. The molecule has 0 aliphatic carbocycles. The fourth-order valence-electron chi connectivity index (χ4n) is 0.209. The second-order valence-corrected chi connectivity index (χ2v) is 1.30. The first-order chi connectivity index (χ1) is 4.57. The van der Waals surface area contributed by atoms with Crippen LogP contribution in [0.3, 0.4) is 0 Å². The van der Waals surface area contributed by atoms with Crippen molar-refractivity contribution >= 4 is 11.9 Å². The van der Waals surface area contributed by atoms with Crippen molar-refractivity contribution in [3.05, 3.63) is 0 Å². The zero-order valence-electron chi connectivity index (χ0n) is 4.81. The van der Waals surface area contributed by atoms with Crippen LogP contribution in [-0.4, -0.2) is 39.3 Å². The molecule has 0 unspecified atom stereocenters. The molecule has 0 spiro atoms. The molecule has 0 radical (unpaired) electrons. The van der Waals surface area contributed by atoms with Crippen LogP contribution in [0.2, 0.25) is 0 Å². The van der Waals surface area contributed by atoms with Crippen LogP contribution in [0.1, 0.15) is 0 Å². The molecule has 0 aromatic heterocycles. The predicted molar refractivity (Wildman–Crippen MR) is 26.0 cm³/mol. The third-order valence-electron chi connectivity index (χ3n) is 0.572. The summed E-state index contributed by atoms with van der Waals surface area (Å²) in [5, 5.41) is 24.5. The van der Waals surface area contributed by atoms with Crippen molar-refractivity contribution in [3.63, 3.8) is 0 Å². The van der Waals surface area contributed by atoms with Gasteiger partial charge in [-0.3, -0.25) is 20.5 Å². The topological polar surface area (TPSA) is 110 Å². The Hall–Kier alpha value is -1.18. The predicted octanol–water partition coefficient (Wildman–Crippen LogP) is -1.70. The number of hydrogen-bond donors (Lipinski definition) is 4. The lowest BCUT2D eigenvalue weighted by atomic mass is 10.6. The molecule has 0 aliphatic rings. The van der Waals surface area contributed by atoms with E-state index in [-0.39, 0.29) is 0 Å². The summed E-state index contributed by atoms with van der Waals surface area (Å²) < 4.78 is 0. The normalized spacial score (nSPS) is 8.70. The molecule has 0 fully saturated rings. The maximum atomic E-state index is 10.1. The Morgan fingerprint density at radius 2 is 1.90 bits per heavy atom. The van der Waals surface area contributed by atoms with Crippen molar-refractivity contribution in [1.82, 2.24) is 10.5 Å². The van der Waals surface area contributed by atoms with Crippen molar-refractivity contribution in [2.45, 2.75) is 0 Å². The largest absolute Gasteiger partial charge is 0.387 e. The number of nitrogens with zero attached hydrogens (tertiary/aromatic N) is 1. The summed E-state index contributed by atoms with van der Waals surface area (Å²) in [4.78, 5) is 20.2. The van der Waals surface area contributed by atoms with Crippen LogP contribution in [0.5, 0.6) is 0 Å². The van der Waals surface area contributed by atoms with Gasteiger partial charge in [-0.25, -0.2) is 4.79 Å². The van der Waals surface area contributed by atoms with Crippen molar-refractivity contribution in [1.29, 1.82) is 0 Å². The van der Waals surface area contributed by atoms with Crippen molar-refractivity contribution < 1.29 is 25.1 Å². The molecular formula is C3H6N2O5. The average Bonchev–Trinajstić information content (AvgIpc) is 1.87. The molecule has 58 valence electrons. The number of urea groups is 1. The van der Waals surface area contributed by atoms with Gasteiger partial charge in [0, 0.05) is 0 Å². The van der Waals surface area contributed by atoms with E-state index in [9.17, 15) is 9.59 Å². The van der Waals surface area contributed by atoms with Crippen LogP contribution < -0.4 is 5.32 Å². The highest BCUT2D eigenvalue weighted by Crippen LogP contribution is 1.74. The molecule has 0 saturated heterocycles. The zero-order valence-corrected chi connectivity index (χ0v) is 4.81. The third kappa shape index (κ3) is 2.97. The van der Waals surface area contributed by atoms with Gasteiger partial charge in [-0.2, -0.15) is 0 Å². The quantitative estimate of drug-likeness (QED) is 0.263. The second-order valence-electron chi connectivity index (χ2n) is 1.30. The van der Waals surface area contributed by atoms with Gasteiger partial charge < -0.3 is 5.11 Å². The lowest BCUT2D eigenvalue weighted by molar-refractivity contribution is -0.258. The third-order valence-corrected chi connectivity index (χ3v) is 0.572. The molecule has 0 atom stereocenters. The number of hydroxylamine groups is 2. The van der Waals surface area contributed by atoms with E-state index in [4.69, 9.17) is 15.5 Å². The maximum absolute atomic E-state index is 10.1. The number of hydrogen-bond acceptors (Lipinski definition) is 5. The number of aliphatic hydroxyl groups excluding tert-OH is 1. The lowest BCUT2D eigenvalue weighted by Gasteiger charge is -2.04. The SMILES string of the molecule is O=C(CO)NC(=O)N(O)O. The second kappa shape index (κ2) is 3.77. The molecule has 0 aromatic carbocycles. The minimum absolute atomic E-state index is 0.798. The molecule has 7 nitrogen and oxygen atoms in total. The number of rotatable bonds is 1.